The lowest BCUT2D eigenvalue weighted by molar-refractivity contribution is -0.130. The van der Waals surface area contributed by atoms with E-state index < -0.39 is 0 Å². The van der Waals surface area contributed by atoms with Crippen LogP contribution in [0.3, 0.4) is 0 Å². The van der Waals surface area contributed by atoms with Crippen LogP contribution in [0.5, 0.6) is 0 Å². The van der Waals surface area contributed by atoms with Gasteiger partial charge in [-0.05, 0) is 48.7 Å². The van der Waals surface area contributed by atoms with Gasteiger partial charge in [-0.25, -0.2) is 4.98 Å². The van der Waals surface area contributed by atoms with Crippen LogP contribution in [0.2, 0.25) is 0 Å². The minimum absolute atomic E-state index is 0.0468. The largest absolute Gasteiger partial charge is 0.368 e. The summed E-state index contributed by atoms with van der Waals surface area (Å²) in [5.74, 6) is 0.110. The number of aryl methyl sites for hydroxylation is 1. The molecule has 1 N–H and O–H groups in total. The first-order valence-electron chi connectivity index (χ1n) is 10.7. The second-order valence-electron chi connectivity index (χ2n) is 7.99. The van der Waals surface area contributed by atoms with Crippen molar-refractivity contribution in [2.24, 2.45) is 0 Å². The zero-order chi connectivity index (χ0) is 22.0. The maximum absolute atomic E-state index is 12.9. The van der Waals surface area contributed by atoms with Gasteiger partial charge in [-0.15, -0.1) is 0 Å². The molecule has 1 fully saturated rings. The van der Waals surface area contributed by atoms with Crippen molar-refractivity contribution in [1.29, 1.82) is 0 Å². The first kappa shape index (κ1) is 21.3. The van der Waals surface area contributed by atoms with E-state index in [9.17, 15) is 9.59 Å². The summed E-state index contributed by atoms with van der Waals surface area (Å²) in [5, 5.41) is 3.41. The van der Waals surface area contributed by atoms with Gasteiger partial charge in [0.2, 0.25) is 11.8 Å². The van der Waals surface area contributed by atoms with Crippen molar-refractivity contribution in [3.05, 3.63) is 53.1 Å². The van der Waals surface area contributed by atoms with Crippen molar-refractivity contribution < 1.29 is 9.59 Å². The summed E-state index contributed by atoms with van der Waals surface area (Å²) in [5.41, 5.74) is 5.71. The standard InChI is InChI=1S/C24H28N4O2S/c1-4-22(29)26-24-25-19-9-8-18(14-21(19)31-24)15-23(30)28-12-10-27(11-13-28)20-7-5-6-16(2)17(20)3/h5-9,14H,4,10-13,15H2,1-3H3,(H,25,26,29). The van der Waals surface area contributed by atoms with Crippen LogP contribution in [0.4, 0.5) is 10.8 Å². The highest BCUT2D eigenvalue weighted by molar-refractivity contribution is 7.22. The van der Waals surface area contributed by atoms with Gasteiger partial charge in [0, 0.05) is 38.3 Å². The molecule has 162 valence electrons. The van der Waals surface area contributed by atoms with Gasteiger partial charge in [-0.3, -0.25) is 9.59 Å². The summed E-state index contributed by atoms with van der Waals surface area (Å²) in [4.78, 5) is 33.3. The Balaban J connectivity index is 1.38. The molecule has 7 heteroatoms. The molecule has 2 amide bonds. The van der Waals surface area contributed by atoms with Crippen LogP contribution in [0.25, 0.3) is 10.2 Å². The molecule has 1 aliphatic heterocycles. The number of aromatic nitrogens is 1. The molecule has 0 aliphatic carbocycles. The molecule has 0 unspecified atom stereocenters. The molecule has 4 rings (SSSR count). The van der Waals surface area contributed by atoms with Gasteiger partial charge in [-0.1, -0.05) is 36.5 Å². The molecule has 1 aromatic heterocycles. The van der Waals surface area contributed by atoms with Crippen LogP contribution < -0.4 is 10.2 Å². The predicted molar refractivity (Wildman–Crippen MR) is 127 cm³/mol. The van der Waals surface area contributed by atoms with Crippen LogP contribution in [-0.2, 0) is 16.0 Å². The Bertz CT molecular complexity index is 1120. The summed E-state index contributed by atoms with van der Waals surface area (Å²) in [6.45, 7) is 9.30. The predicted octanol–water partition coefficient (Wildman–Crippen LogP) is 4.15. The first-order valence-corrected chi connectivity index (χ1v) is 11.5. The summed E-state index contributed by atoms with van der Waals surface area (Å²) >= 11 is 1.44. The van der Waals surface area contributed by atoms with E-state index >= 15 is 0 Å². The molecule has 0 bridgehead atoms. The van der Waals surface area contributed by atoms with Gasteiger partial charge < -0.3 is 15.1 Å². The topological polar surface area (TPSA) is 65.5 Å². The van der Waals surface area contributed by atoms with Crippen LogP contribution in [0.1, 0.15) is 30.0 Å². The van der Waals surface area contributed by atoms with Crippen molar-refractivity contribution in [3.8, 4) is 0 Å². The Hall–Kier alpha value is -2.93. The molecule has 0 spiro atoms. The van der Waals surface area contributed by atoms with Gasteiger partial charge in [0.1, 0.15) is 0 Å². The van der Waals surface area contributed by atoms with Crippen molar-refractivity contribution in [2.45, 2.75) is 33.6 Å². The number of carbonyl (C=O) groups is 2. The Labute approximate surface area is 186 Å². The summed E-state index contributed by atoms with van der Waals surface area (Å²) < 4.78 is 0.983. The SMILES string of the molecule is CCC(=O)Nc1nc2ccc(CC(=O)N3CCN(c4cccc(C)c4C)CC3)cc2s1. The monoisotopic (exact) mass is 436 g/mol. The normalized spacial score (nSPS) is 14.2. The molecule has 1 aliphatic rings. The van der Waals surface area contributed by atoms with E-state index in [0.717, 1.165) is 42.0 Å². The molecule has 0 saturated carbocycles. The molecule has 1 saturated heterocycles. The fraction of sp³-hybridized carbons (Fsp3) is 0.375. The molecule has 6 nitrogen and oxygen atoms in total. The van der Waals surface area contributed by atoms with Gasteiger partial charge in [0.05, 0.1) is 16.6 Å². The lowest BCUT2D eigenvalue weighted by atomic mass is 10.1. The smallest absolute Gasteiger partial charge is 0.227 e. The van der Waals surface area contributed by atoms with E-state index in [1.54, 1.807) is 0 Å². The summed E-state index contributed by atoms with van der Waals surface area (Å²) in [7, 11) is 0. The van der Waals surface area contributed by atoms with Gasteiger partial charge in [0.25, 0.3) is 0 Å². The van der Waals surface area contributed by atoms with Crippen molar-refractivity contribution in [2.75, 3.05) is 36.4 Å². The highest BCUT2D eigenvalue weighted by atomic mass is 32.1. The molecule has 0 radical (unpaired) electrons. The number of rotatable bonds is 5. The zero-order valence-corrected chi connectivity index (χ0v) is 19.1. The number of piperazine rings is 1. The number of hydrogen-bond donors (Lipinski definition) is 1. The molecular formula is C24H28N4O2S. The molecule has 31 heavy (non-hydrogen) atoms. The second-order valence-corrected chi connectivity index (χ2v) is 9.02. The third kappa shape index (κ3) is 4.71. The van der Waals surface area contributed by atoms with Gasteiger partial charge >= 0.3 is 0 Å². The number of nitrogens with zero attached hydrogens (tertiary/aromatic N) is 3. The first-order chi connectivity index (χ1) is 14.9. The maximum atomic E-state index is 12.9. The number of carbonyl (C=O) groups excluding carboxylic acids is 2. The number of benzene rings is 2. The van der Waals surface area contributed by atoms with Gasteiger partial charge in [0.15, 0.2) is 5.13 Å². The summed E-state index contributed by atoms with van der Waals surface area (Å²) in [6, 6.07) is 12.3. The van der Waals surface area contributed by atoms with E-state index in [4.69, 9.17) is 0 Å². The van der Waals surface area contributed by atoms with Crippen molar-refractivity contribution in [3.63, 3.8) is 0 Å². The molecule has 0 atom stereocenters. The molecule has 2 aromatic carbocycles. The number of hydrogen-bond acceptors (Lipinski definition) is 5. The van der Waals surface area contributed by atoms with Crippen molar-refractivity contribution >= 4 is 44.2 Å². The number of anilines is 2. The van der Waals surface area contributed by atoms with E-state index in [-0.39, 0.29) is 11.8 Å². The second kappa shape index (κ2) is 9.06. The third-order valence-corrected chi connectivity index (χ3v) is 6.86. The highest BCUT2D eigenvalue weighted by Gasteiger charge is 2.22. The average Bonchev–Trinajstić information content (AvgIpc) is 3.17. The minimum atomic E-state index is -0.0468. The van der Waals surface area contributed by atoms with Crippen LogP contribution in [-0.4, -0.2) is 47.9 Å². The Kier molecular flexibility index (Phi) is 6.23. The van der Waals surface area contributed by atoms with Gasteiger partial charge in [-0.2, -0.15) is 0 Å². The number of fused-ring (bicyclic) bond motifs is 1. The molecular weight excluding hydrogens is 408 g/mol. The van der Waals surface area contributed by atoms with E-state index in [0.29, 0.717) is 18.0 Å². The zero-order valence-electron chi connectivity index (χ0n) is 18.3. The van der Waals surface area contributed by atoms with E-state index in [1.165, 1.54) is 28.2 Å². The highest BCUT2D eigenvalue weighted by Crippen LogP contribution is 2.28. The molecule has 3 aromatic rings. The Morgan fingerprint density at radius 3 is 2.61 bits per heavy atom. The maximum Gasteiger partial charge on any atom is 0.227 e. The lowest BCUT2D eigenvalue weighted by Gasteiger charge is -2.37. The summed E-state index contributed by atoms with van der Waals surface area (Å²) in [6.07, 6.45) is 0.806. The quantitative estimate of drug-likeness (QED) is 0.652. The number of amides is 2. The van der Waals surface area contributed by atoms with Crippen LogP contribution in [0.15, 0.2) is 36.4 Å². The Morgan fingerprint density at radius 1 is 1.10 bits per heavy atom. The number of thiazole rings is 1. The minimum Gasteiger partial charge on any atom is -0.368 e. The lowest BCUT2D eigenvalue weighted by Crippen LogP contribution is -2.49. The molecule has 2 heterocycles. The fourth-order valence-corrected chi connectivity index (χ4v) is 4.85. The number of nitrogens with one attached hydrogen (secondary N) is 1. The average molecular weight is 437 g/mol. The van der Waals surface area contributed by atoms with E-state index in [1.807, 2.05) is 30.0 Å². The van der Waals surface area contributed by atoms with Crippen LogP contribution in [0, 0.1) is 13.8 Å². The Morgan fingerprint density at radius 2 is 1.87 bits per heavy atom. The third-order valence-electron chi connectivity index (χ3n) is 5.92. The van der Waals surface area contributed by atoms with Crippen LogP contribution >= 0.6 is 11.3 Å². The fourth-order valence-electron chi connectivity index (χ4n) is 3.90. The van der Waals surface area contributed by atoms with E-state index in [2.05, 4.69) is 47.2 Å². The van der Waals surface area contributed by atoms with Crippen molar-refractivity contribution in [1.82, 2.24) is 9.88 Å².